The maximum atomic E-state index is 12.9. The van der Waals surface area contributed by atoms with E-state index in [9.17, 15) is 13.2 Å². The summed E-state index contributed by atoms with van der Waals surface area (Å²) in [7, 11) is -3.71. The van der Waals surface area contributed by atoms with Crippen molar-refractivity contribution in [2.45, 2.75) is 36.7 Å². The van der Waals surface area contributed by atoms with Gasteiger partial charge in [0, 0.05) is 23.7 Å². The number of fused-ring (bicyclic) bond motifs is 1. The summed E-state index contributed by atoms with van der Waals surface area (Å²) >= 11 is 6.00. The van der Waals surface area contributed by atoms with Crippen LogP contribution < -0.4 is 5.32 Å². The molecule has 0 aromatic heterocycles. The fourth-order valence-electron chi connectivity index (χ4n) is 3.71. The van der Waals surface area contributed by atoms with Gasteiger partial charge in [0.1, 0.15) is 10.9 Å². The molecule has 1 N–H and O–H groups in total. The third-order valence-corrected chi connectivity index (χ3v) is 6.61. The Hall–Kier alpha value is -2.38. The van der Waals surface area contributed by atoms with Crippen LogP contribution >= 0.6 is 11.6 Å². The van der Waals surface area contributed by atoms with E-state index in [1.807, 2.05) is 23.1 Å². The number of hydrogen-bond donors (Lipinski definition) is 1. The average Bonchev–Trinajstić information content (AvgIpc) is 2.97. The minimum absolute atomic E-state index is 0.135. The molecule has 0 saturated carbocycles. The number of amides is 1. The number of likely N-dealkylation sites (tertiary alicyclic amines) is 1. The predicted molar refractivity (Wildman–Crippen MR) is 108 cm³/mol. The van der Waals surface area contributed by atoms with E-state index in [1.54, 1.807) is 30.3 Å². The number of benzene rings is 2. The lowest BCUT2D eigenvalue weighted by molar-refractivity contribution is -0.126. The van der Waals surface area contributed by atoms with Crippen LogP contribution in [-0.4, -0.2) is 37.6 Å². The van der Waals surface area contributed by atoms with Crippen molar-refractivity contribution in [2.24, 2.45) is 4.40 Å². The summed E-state index contributed by atoms with van der Waals surface area (Å²) in [5.41, 5.74) is 1.48. The summed E-state index contributed by atoms with van der Waals surface area (Å²) in [6.45, 7) is 0.961. The first-order valence-corrected chi connectivity index (χ1v) is 11.0. The third-order valence-electron chi connectivity index (χ3n) is 5.05. The molecule has 6 nitrogen and oxygen atoms in total. The second-order valence-corrected chi connectivity index (χ2v) is 8.95. The number of carbonyl (C=O) groups excluding carboxylic acids is 1. The summed E-state index contributed by atoms with van der Waals surface area (Å²) in [5, 5.41) is 3.57. The Morgan fingerprint density at radius 1 is 1.18 bits per heavy atom. The van der Waals surface area contributed by atoms with Gasteiger partial charge in [-0.2, -0.15) is 8.42 Å². The molecule has 2 aliphatic rings. The van der Waals surface area contributed by atoms with Crippen LogP contribution in [0.5, 0.6) is 0 Å². The molecule has 2 aromatic carbocycles. The van der Waals surface area contributed by atoms with Gasteiger partial charge in [0.25, 0.3) is 10.0 Å². The zero-order valence-corrected chi connectivity index (χ0v) is 16.7. The first-order valence-electron chi connectivity index (χ1n) is 9.19. The van der Waals surface area contributed by atoms with Gasteiger partial charge in [0.15, 0.2) is 5.84 Å². The molecule has 1 fully saturated rings. The average molecular weight is 418 g/mol. The highest BCUT2D eigenvalue weighted by Gasteiger charge is 2.37. The lowest BCUT2D eigenvalue weighted by Crippen LogP contribution is -2.51. The van der Waals surface area contributed by atoms with E-state index >= 15 is 0 Å². The molecule has 1 atom stereocenters. The number of carbonyl (C=O) groups is 1. The Labute approximate surface area is 169 Å². The molecule has 4 rings (SSSR count). The van der Waals surface area contributed by atoms with E-state index in [0.29, 0.717) is 35.9 Å². The number of halogens is 1. The fourth-order valence-corrected chi connectivity index (χ4v) is 5.14. The quantitative estimate of drug-likeness (QED) is 0.832. The summed E-state index contributed by atoms with van der Waals surface area (Å²) in [6, 6.07) is 13.6. The third kappa shape index (κ3) is 3.64. The zero-order chi connectivity index (χ0) is 19.7. The van der Waals surface area contributed by atoms with E-state index < -0.39 is 16.1 Å². The fraction of sp³-hybridized carbons (Fsp3) is 0.300. The molecular formula is C20H20ClN3O3S. The molecule has 1 saturated heterocycles. The van der Waals surface area contributed by atoms with Crippen molar-refractivity contribution < 1.29 is 13.2 Å². The minimum Gasteiger partial charge on any atom is -0.350 e. The maximum Gasteiger partial charge on any atom is 0.285 e. The largest absolute Gasteiger partial charge is 0.350 e. The first-order chi connectivity index (χ1) is 13.5. The summed E-state index contributed by atoms with van der Waals surface area (Å²) < 4.78 is 28.8. The number of rotatable bonds is 3. The molecule has 0 unspecified atom stereocenters. The Balaban J connectivity index is 1.56. The van der Waals surface area contributed by atoms with E-state index in [4.69, 9.17) is 11.6 Å². The smallest absolute Gasteiger partial charge is 0.285 e. The van der Waals surface area contributed by atoms with Crippen LogP contribution in [0, 0.1) is 0 Å². The van der Waals surface area contributed by atoms with Crippen molar-refractivity contribution in [3.63, 3.8) is 0 Å². The number of nitrogens with zero attached hydrogens (tertiary/aromatic N) is 2. The highest BCUT2D eigenvalue weighted by molar-refractivity contribution is 7.90. The summed E-state index contributed by atoms with van der Waals surface area (Å²) in [5.74, 6) is 0.238. The molecule has 28 heavy (non-hydrogen) atoms. The molecule has 0 spiro atoms. The number of hydrogen-bond acceptors (Lipinski definition) is 4. The highest BCUT2D eigenvalue weighted by atomic mass is 35.5. The van der Waals surface area contributed by atoms with E-state index in [0.717, 1.165) is 18.4 Å². The molecule has 146 valence electrons. The number of amidine groups is 1. The molecule has 2 aliphatic heterocycles. The van der Waals surface area contributed by atoms with Crippen molar-refractivity contribution >= 4 is 33.4 Å². The van der Waals surface area contributed by atoms with Gasteiger partial charge in [0.05, 0.1) is 0 Å². The topological polar surface area (TPSA) is 78.8 Å². The Morgan fingerprint density at radius 3 is 2.82 bits per heavy atom. The maximum absolute atomic E-state index is 12.9. The van der Waals surface area contributed by atoms with E-state index in [2.05, 4.69) is 9.71 Å². The number of sulfonamides is 1. The second-order valence-electron chi connectivity index (χ2n) is 6.94. The predicted octanol–water partition coefficient (Wildman–Crippen LogP) is 2.96. The molecule has 1 amide bonds. The van der Waals surface area contributed by atoms with Crippen molar-refractivity contribution in [1.82, 2.24) is 10.2 Å². The Kier molecular flexibility index (Phi) is 5.12. The van der Waals surface area contributed by atoms with Gasteiger partial charge < -0.3 is 10.2 Å². The van der Waals surface area contributed by atoms with Crippen LogP contribution in [0.1, 0.15) is 30.4 Å². The van der Waals surface area contributed by atoms with Gasteiger partial charge in [-0.25, -0.2) is 0 Å². The standard InChI is InChI=1S/C20H20ClN3O3S/c21-15-7-5-6-14(12-15)13-22-20(25)17-9-3-4-11-24(17)19-16-8-1-2-10-18(16)28(26,27)23-19/h1-2,5-8,10,12,17H,3-4,9,11,13H2,(H,22,25)/t17-/m0/s1. The summed E-state index contributed by atoms with van der Waals surface area (Å²) in [6.07, 6.45) is 2.45. The molecule has 8 heteroatoms. The molecular weight excluding hydrogens is 398 g/mol. The SMILES string of the molecule is O=C(NCc1cccc(Cl)c1)[C@@H]1CCCCN1C1=NS(=O)(=O)c2ccccc21. The van der Waals surface area contributed by atoms with Gasteiger partial charge in [0.2, 0.25) is 5.91 Å². The zero-order valence-electron chi connectivity index (χ0n) is 15.1. The second kappa shape index (κ2) is 7.56. The first kappa shape index (κ1) is 19.0. The van der Waals surface area contributed by atoms with Crippen molar-refractivity contribution in [1.29, 1.82) is 0 Å². The molecule has 2 heterocycles. The van der Waals surface area contributed by atoms with Crippen LogP contribution in [0.25, 0.3) is 0 Å². The van der Waals surface area contributed by atoms with Crippen molar-refractivity contribution in [2.75, 3.05) is 6.54 Å². The van der Waals surface area contributed by atoms with Crippen molar-refractivity contribution in [3.05, 3.63) is 64.7 Å². The van der Waals surface area contributed by atoms with Gasteiger partial charge >= 0.3 is 0 Å². The van der Waals surface area contributed by atoms with Gasteiger partial charge in [-0.1, -0.05) is 35.9 Å². The lowest BCUT2D eigenvalue weighted by atomic mass is 9.99. The molecule has 0 bridgehead atoms. The van der Waals surface area contributed by atoms with E-state index in [-0.39, 0.29) is 10.8 Å². The number of nitrogens with one attached hydrogen (secondary N) is 1. The molecule has 0 radical (unpaired) electrons. The summed E-state index contributed by atoms with van der Waals surface area (Å²) in [4.78, 5) is 14.9. The molecule has 2 aromatic rings. The van der Waals surface area contributed by atoms with Crippen LogP contribution in [-0.2, 0) is 21.4 Å². The monoisotopic (exact) mass is 417 g/mol. The normalized spacial score (nSPS) is 20.4. The lowest BCUT2D eigenvalue weighted by Gasteiger charge is -2.36. The molecule has 0 aliphatic carbocycles. The van der Waals surface area contributed by atoms with Gasteiger partial charge in [-0.3, -0.25) is 4.79 Å². The minimum atomic E-state index is -3.71. The van der Waals surface area contributed by atoms with Crippen LogP contribution in [0.4, 0.5) is 0 Å². The van der Waals surface area contributed by atoms with Gasteiger partial charge in [-0.15, -0.1) is 4.40 Å². The van der Waals surface area contributed by atoms with Crippen LogP contribution in [0.3, 0.4) is 0 Å². The van der Waals surface area contributed by atoms with Crippen LogP contribution in [0.15, 0.2) is 57.8 Å². The van der Waals surface area contributed by atoms with Crippen molar-refractivity contribution in [3.8, 4) is 0 Å². The van der Waals surface area contributed by atoms with E-state index in [1.165, 1.54) is 0 Å². The Morgan fingerprint density at radius 2 is 2.00 bits per heavy atom. The highest BCUT2D eigenvalue weighted by Crippen LogP contribution is 2.30. The van der Waals surface area contributed by atoms with Gasteiger partial charge in [-0.05, 0) is 49.1 Å². The Bertz CT molecular complexity index is 1050. The number of piperidine rings is 1. The van der Waals surface area contributed by atoms with Crippen LogP contribution in [0.2, 0.25) is 5.02 Å².